The lowest BCUT2D eigenvalue weighted by atomic mass is 9.75. The van der Waals surface area contributed by atoms with Gasteiger partial charge in [-0.1, -0.05) is 43.1 Å². The Morgan fingerprint density at radius 3 is 2.53 bits per heavy atom. The van der Waals surface area contributed by atoms with Crippen molar-refractivity contribution in [1.29, 1.82) is 0 Å². The SMILES string of the molecule is Cn1c(Nc2c(Cl)cccc2Cl)nc2cc(C(=O)NC3CCC(C)(C)CC3)ncc21. The molecule has 0 aliphatic heterocycles. The Morgan fingerprint density at radius 2 is 1.87 bits per heavy atom. The van der Waals surface area contributed by atoms with Crippen molar-refractivity contribution in [3.63, 3.8) is 0 Å². The molecule has 8 heteroatoms. The molecule has 0 bridgehead atoms. The van der Waals surface area contributed by atoms with Crippen LogP contribution in [0.15, 0.2) is 30.5 Å². The molecule has 1 aromatic carbocycles. The van der Waals surface area contributed by atoms with E-state index in [4.69, 9.17) is 23.2 Å². The summed E-state index contributed by atoms with van der Waals surface area (Å²) in [5.74, 6) is 0.407. The molecular weight excluding hydrogens is 421 g/mol. The van der Waals surface area contributed by atoms with Crippen LogP contribution in [0.25, 0.3) is 11.0 Å². The molecule has 2 N–H and O–H groups in total. The van der Waals surface area contributed by atoms with Crippen molar-refractivity contribution >= 4 is 51.8 Å². The van der Waals surface area contributed by atoms with Crippen molar-refractivity contribution in [2.45, 2.75) is 45.6 Å². The molecule has 158 valence electrons. The zero-order valence-electron chi connectivity index (χ0n) is 17.3. The fourth-order valence-electron chi connectivity index (χ4n) is 3.86. The van der Waals surface area contributed by atoms with Gasteiger partial charge >= 0.3 is 0 Å². The first-order valence-electron chi connectivity index (χ1n) is 10.1. The molecule has 30 heavy (non-hydrogen) atoms. The monoisotopic (exact) mass is 445 g/mol. The number of para-hydroxylation sites is 1. The van der Waals surface area contributed by atoms with E-state index in [9.17, 15) is 4.79 Å². The van der Waals surface area contributed by atoms with Gasteiger partial charge in [-0.25, -0.2) is 9.97 Å². The number of carbonyl (C=O) groups excluding carboxylic acids is 1. The van der Waals surface area contributed by atoms with E-state index in [1.807, 2.05) is 11.6 Å². The topological polar surface area (TPSA) is 71.8 Å². The molecule has 0 saturated heterocycles. The first-order valence-corrected chi connectivity index (χ1v) is 10.8. The Labute approximate surface area is 186 Å². The maximum atomic E-state index is 12.7. The summed E-state index contributed by atoms with van der Waals surface area (Å²) in [6.45, 7) is 4.56. The van der Waals surface area contributed by atoms with Crippen LogP contribution < -0.4 is 10.6 Å². The molecule has 2 aromatic heterocycles. The number of amides is 1. The van der Waals surface area contributed by atoms with E-state index in [2.05, 4.69) is 34.4 Å². The summed E-state index contributed by atoms with van der Waals surface area (Å²) in [6, 6.07) is 7.22. The fraction of sp³-hybridized carbons (Fsp3) is 0.409. The number of rotatable bonds is 4. The molecule has 2 heterocycles. The molecule has 1 saturated carbocycles. The highest BCUT2D eigenvalue weighted by Gasteiger charge is 2.28. The normalized spacial score (nSPS) is 16.6. The molecule has 0 spiro atoms. The van der Waals surface area contributed by atoms with E-state index in [0.29, 0.717) is 38.3 Å². The van der Waals surface area contributed by atoms with Crippen molar-refractivity contribution < 1.29 is 4.79 Å². The number of anilines is 2. The molecule has 4 rings (SSSR count). The van der Waals surface area contributed by atoms with Crippen LogP contribution in [0.5, 0.6) is 0 Å². The maximum Gasteiger partial charge on any atom is 0.270 e. The van der Waals surface area contributed by atoms with Crippen molar-refractivity contribution in [1.82, 2.24) is 19.9 Å². The summed E-state index contributed by atoms with van der Waals surface area (Å²) in [5, 5.41) is 7.31. The average molecular weight is 446 g/mol. The first kappa shape index (κ1) is 20.9. The lowest BCUT2D eigenvalue weighted by molar-refractivity contribution is 0.0904. The van der Waals surface area contributed by atoms with Gasteiger partial charge in [0.25, 0.3) is 5.91 Å². The number of fused-ring (bicyclic) bond motifs is 1. The van der Waals surface area contributed by atoms with Crippen molar-refractivity contribution in [2.75, 3.05) is 5.32 Å². The smallest absolute Gasteiger partial charge is 0.270 e. The summed E-state index contributed by atoms with van der Waals surface area (Å²) in [5.41, 5.74) is 2.79. The minimum Gasteiger partial charge on any atom is -0.348 e. The summed E-state index contributed by atoms with van der Waals surface area (Å²) >= 11 is 12.5. The van der Waals surface area contributed by atoms with E-state index in [1.165, 1.54) is 0 Å². The Balaban J connectivity index is 1.54. The molecule has 0 atom stereocenters. The predicted molar refractivity (Wildman–Crippen MR) is 122 cm³/mol. The Hall–Kier alpha value is -2.31. The number of pyridine rings is 1. The fourth-order valence-corrected chi connectivity index (χ4v) is 4.35. The number of hydrogen-bond acceptors (Lipinski definition) is 4. The predicted octanol–water partition coefficient (Wildman–Crippen LogP) is 5.72. The second kappa shape index (κ2) is 8.08. The lowest BCUT2D eigenvalue weighted by Gasteiger charge is -2.34. The number of benzene rings is 1. The van der Waals surface area contributed by atoms with Gasteiger partial charge in [-0.2, -0.15) is 0 Å². The molecular formula is C22H25Cl2N5O. The molecule has 1 fully saturated rings. The minimum absolute atomic E-state index is 0.157. The summed E-state index contributed by atoms with van der Waals surface area (Å²) in [4.78, 5) is 21.7. The third-order valence-corrected chi connectivity index (χ3v) is 6.50. The van der Waals surface area contributed by atoms with Gasteiger partial charge < -0.3 is 15.2 Å². The summed E-state index contributed by atoms with van der Waals surface area (Å²) < 4.78 is 1.85. The number of carbonyl (C=O) groups is 1. The van der Waals surface area contributed by atoms with Crippen LogP contribution in [0.2, 0.25) is 10.0 Å². The van der Waals surface area contributed by atoms with Crippen LogP contribution in [0.4, 0.5) is 11.6 Å². The van der Waals surface area contributed by atoms with E-state index < -0.39 is 0 Å². The van der Waals surface area contributed by atoms with Gasteiger partial charge in [-0.15, -0.1) is 0 Å². The van der Waals surface area contributed by atoms with Gasteiger partial charge in [0, 0.05) is 13.1 Å². The number of aromatic nitrogens is 3. The quantitative estimate of drug-likeness (QED) is 0.538. The number of nitrogens with zero attached hydrogens (tertiary/aromatic N) is 3. The second-order valence-corrected chi connectivity index (χ2v) is 9.50. The van der Waals surface area contributed by atoms with Crippen LogP contribution in [0.1, 0.15) is 50.0 Å². The number of halogens is 2. The first-order chi connectivity index (χ1) is 14.2. The van der Waals surface area contributed by atoms with Gasteiger partial charge in [0.05, 0.1) is 33.0 Å². The Morgan fingerprint density at radius 1 is 1.20 bits per heavy atom. The maximum absolute atomic E-state index is 12.7. The third-order valence-electron chi connectivity index (χ3n) is 5.87. The molecule has 0 radical (unpaired) electrons. The standard InChI is InChI=1S/C22H25Cl2N5O/c1-22(2)9-7-13(8-10-22)26-20(30)17-11-16-18(12-25-17)29(3)21(27-16)28-19-14(23)5-4-6-15(19)24/h4-6,11-13H,7-10H2,1-3H3,(H,26,30)(H,27,28). The highest BCUT2D eigenvalue weighted by molar-refractivity contribution is 6.39. The van der Waals surface area contributed by atoms with Crippen molar-refractivity contribution in [2.24, 2.45) is 12.5 Å². The second-order valence-electron chi connectivity index (χ2n) is 8.69. The van der Waals surface area contributed by atoms with Gasteiger partial charge in [0.1, 0.15) is 5.69 Å². The van der Waals surface area contributed by atoms with E-state index in [1.54, 1.807) is 30.5 Å². The van der Waals surface area contributed by atoms with Crippen LogP contribution in [0, 0.1) is 5.41 Å². The van der Waals surface area contributed by atoms with Gasteiger partial charge in [-0.05, 0) is 49.3 Å². The molecule has 3 aromatic rings. The number of imidazole rings is 1. The van der Waals surface area contributed by atoms with E-state index >= 15 is 0 Å². The number of aryl methyl sites for hydroxylation is 1. The molecule has 1 aliphatic rings. The van der Waals surface area contributed by atoms with E-state index in [0.717, 1.165) is 31.2 Å². The van der Waals surface area contributed by atoms with Gasteiger partial charge in [-0.3, -0.25) is 4.79 Å². The molecule has 0 unspecified atom stereocenters. The molecule has 1 amide bonds. The van der Waals surface area contributed by atoms with E-state index in [-0.39, 0.29) is 11.9 Å². The Kier molecular flexibility index (Phi) is 5.64. The zero-order chi connectivity index (χ0) is 21.5. The van der Waals surface area contributed by atoms with Crippen LogP contribution in [-0.4, -0.2) is 26.5 Å². The molecule has 1 aliphatic carbocycles. The number of nitrogens with one attached hydrogen (secondary N) is 2. The third kappa shape index (κ3) is 4.25. The van der Waals surface area contributed by atoms with Crippen LogP contribution in [-0.2, 0) is 7.05 Å². The largest absolute Gasteiger partial charge is 0.348 e. The highest BCUT2D eigenvalue weighted by Crippen LogP contribution is 2.35. The molecule has 6 nitrogen and oxygen atoms in total. The summed E-state index contributed by atoms with van der Waals surface area (Å²) in [6.07, 6.45) is 5.89. The van der Waals surface area contributed by atoms with Gasteiger partial charge in [0.2, 0.25) is 5.95 Å². The van der Waals surface area contributed by atoms with Crippen LogP contribution in [0.3, 0.4) is 0 Å². The van der Waals surface area contributed by atoms with Gasteiger partial charge in [0.15, 0.2) is 0 Å². The minimum atomic E-state index is -0.157. The zero-order valence-corrected chi connectivity index (χ0v) is 18.8. The summed E-state index contributed by atoms with van der Waals surface area (Å²) in [7, 11) is 1.87. The lowest BCUT2D eigenvalue weighted by Crippen LogP contribution is -2.39. The number of hydrogen-bond donors (Lipinski definition) is 2. The Bertz CT molecular complexity index is 1080. The average Bonchev–Trinajstić information content (AvgIpc) is 3.01. The van der Waals surface area contributed by atoms with Crippen molar-refractivity contribution in [3.05, 3.63) is 46.2 Å². The highest BCUT2D eigenvalue weighted by atomic mass is 35.5. The van der Waals surface area contributed by atoms with Crippen LogP contribution >= 0.6 is 23.2 Å². The van der Waals surface area contributed by atoms with Crippen molar-refractivity contribution in [3.8, 4) is 0 Å².